The molecule has 0 heterocycles. The molecule has 0 aliphatic rings. The molecule has 322 valence electrons. The van der Waals surface area contributed by atoms with Crippen LogP contribution in [0.4, 0.5) is 0 Å². The smallest absolute Gasteiger partial charge is 0.305 e. The maximum atomic E-state index is 12.4. The van der Waals surface area contributed by atoms with Crippen molar-refractivity contribution in [3.63, 3.8) is 0 Å². The summed E-state index contributed by atoms with van der Waals surface area (Å²) in [4.78, 5) is 24.4. The summed E-state index contributed by atoms with van der Waals surface area (Å²) in [7, 11) is 0. The minimum Gasteiger partial charge on any atom is -0.466 e. The summed E-state index contributed by atoms with van der Waals surface area (Å²) >= 11 is 0. The van der Waals surface area contributed by atoms with Gasteiger partial charge in [0, 0.05) is 12.8 Å². The summed E-state index contributed by atoms with van der Waals surface area (Å²) in [5.41, 5.74) is 0. The fourth-order valence-corrected chi connectivity index (χ4v) is 6.95. The van der Waals surface area contributed by atoms with Gasteiger partial charge in [0.15, 0.2) is 0 Å². The predicted octanol–water partition coefficient (Wildman–Crippen LogP) is 13.7. The first kappa shape index (κ1) is 53.1. The number of hydrogen-bond acceptors (Lipinski definition) is 5. The molecule has 2 atom stereocenters. The Kier molecular flexibility index (Phi) is 43.2. The second kappa shape index (κ2) is 44.8. The number of allylic oxidation sites excluding steroid dienone is 5. The van der Waals surface area contributed by atoms with E-state index in [-0.39, 0.29) is 18.5 Å². The van der Waals surface area contributed by atoms with Crippen LogP contribution < -0.4 is 5.32 Å². The number of ether oxygens (including phenoxy) is 1. The highest BCUT2D eigenvalue weighted by molar-refractivity contribution is 5.76. The lowest BCUT2D eigenvalue weighted by atomic mass is 10.1. The summed E-state index contributed by atoms with van der Waals surface area (Å²) in [6.07, 6.45) is 52.7. The van der Waals surface area contributed by atoms with E-state index in [1.54, 1.807) is 6.08 Å². The molecule has 0 saturated heterocycles. The van der Waals surface area contributed by atoms with Gasteiger partial charge in [0.05, 0.1) is 25.4 Å². The lowest BCUT2D eigenvalue weighted by Gasteiger charge is -2.20. The molecule has 55 heavy (non-hydrogen) atoms. The zero-order valence-electron chi connectivity index (χ0n) is 36.4. The lowest BCUT2D eigenvalue weighted by Crippen LogP contribution is -2.45. The third-order valence-electron chi connectivity index (χ3n) is 10.7. The van der Waals surface area contributed by atoms with E-state index in [1.807, 2.05) is 6.08 Å². The van der Waals surface area contributed by atoms with E-state index >= 15 is 0 Å². The summed E-state index contributed by atoms with van der Waals surface area (Å²) in [6.45, 7) is 4.79. The molecular weight excluding hydrogens is 683 g/mol. The molecule has 1 amide bonds. The topological polar surface area (TPSA) is 95.9 Å². The quantitative estimate of drug-likeness (QED) is 0.0326. The van der Waals surface area contributed by atoms with Gasteiger partial charge in [0.25, 0.3) is 0 Å². The summed E-state index contributed by atoms with van der Waals surface area (Å²) < 4.78 is 5.44. The Labute approximate surface area is 341 Å². The standard InChI is InChI=1S/C49H91NO5/c1-3-5-7-9-11-13-15-16-17-18-19-20-21-23-27-31-35-39-43-49(54)55-44-40-36-32-28-24-26-30-34-38-42-48(53)50-46(45-51)47(52)41-37-33-29-25-22-14-12-10-8-6-4-2/h13,15,17-18,37,41,46-47,51-52H,3-12,14,16,19-36,38-40,42-45H2,1-2H3,(H,50,53)/b15-13-,18-17-,41-37+. The Morgan fingerprint density at radius 3 is 1.40 bits per heavy atom. The number of aliphatic hydroxyl groups excluding tert-OH is 2. The van der Waals surface area contributed by atoms with Crippen LogP contribution >= 0.6 is 0 Å². The molecular formula is C49H91NO5. The fraction of sp³-hybridized carbons (Fsp3) is 0.837. The molecule has 0 aliphatic carbocycles. The predicted molar refractivity (Wildman–Crippen MR) is 236 cm³/mol. The Morgan fingerprint density at radius 2 is 0.909 bits per heavy atom. The van der Waals surface area contributed by atoms with E-state index in [1.165, 1.54) is 148 Å². The number of aliphatic hydroxyl groups is 2. The zero-order chi connectivity index (χ0) is 40.1. The summed E-state index contributed by atoms with van der Waals surface area (Å²) in [5, 5.41) is 22.9. The first-order valence-electron chi connectivity index (χ1n) is 23.8. The molecule has 6 heteroatoms. The Hall–Kier alpha value is -1.92. The molecule has 0 aromatic carbocycles. The lowest BCUT2D eigenvalue weighted by molar-refractivity contribution is -0.143. The van der Waals surface area contributed by atoms with Crippen LogP contribution in [-0.4, -0.2) is 47.4 Å². The maximum absolute atomic E-state index is 12.4. The van der Waals surface area contributed by atoms with Gasteiger partial charge in [-0.3, -0.25) is 9.59 Å². The number of carbonyl (C=O) groups excluding carboxylic acids is 2. The van der Waals surface area contributed by atoms with Gasteiger partial charge < -0.3 is 20.3 Å². The number of rotatable bonds is 43. The van der Waals surface area contributed by atoms with Crippen LogP contribution in [0, 0.1) is 0 Å². The van der Waals surface area contributed by atoms with Crippen LogP contribution in [0.2, 0.25) is 0 Å². The molecule has 0 fully saturated rings. The maximum Gasteiger partial charge on any atom is 0.305 e. The van der Waals surface area contributed by atoms with Gasteiger partial charge in [-0.05, 0) is 64.2 Å². The number of carbonyl (C=O) groups is 2. The second-order valence-corrected chi connectivity index (χ2v) is 16.1. The van der Waals surface area contributed by atoms with E-state index in [9.17, 15) is 19.8 Å². The normalized spacial score (nSPS) is 13.0. The third kappa shape index (κ3) is 41.5. The van der Waals surface area contributed by atoms with Crippen LogP contribution in [-0.2, 0) is 14.3 Å². The van der Waals surface area contributed by atoms with Gasteiger partial charge >= 0.3 is 5.97 Å². The minimum absolute atomic E-state index is 0.0358. The van der Waals surface area contributed by atoms with Crippen LogP contribution in [0.3, 0.4) is 0 Å². The van der Waals surface area contributed by atoms with Gasteiger partial charge in [-0.2, -0.15) is 0 Å². The summed E-state index contributed by atoms with van der Waals surface area (Å²) in [5.74, 6) is -0.135. The summed E-state index contributed by atoms with van der Waals surface area (Å²) in [6, 6.07) is -0.647. The van der Waals surface area contributed by atoms with Crippen molar-refractivity contribution in [1.82, 2.24) is 5.32 Å². The molecule has 6 nitrogen and oxygen atoms in total. The number of unbranched alkanes of at least 4 members (excludes halogenated alkanes) is 28. The van der Waals surface area contributed by atoms with E-state index in [0.717, 1.165) is 64.2 Å². The van der Waals surface area contributed by atoms with Crippen molar-refractivity contribution < 1.29 is 24.5 Å². The van der Waals surface area contributed by atoms with Crippen LogP contribution in [0.1, 0.15) is 239 Å². The molecule has 0 spiro atoms. The van der Waals surface area contributed by atoms with Crippen molar-refractivity contribution in [2.45, 2.75) is 251 Å². The first-order chi connectivity index (χ1) is 27.0. The molecule has 0 bridgehead atoms. The number of amides is 1. The highest BCUT2D eigenvalue weighted by atomic mass is 16.5. The number of nitrogens with one attached hydrogen (secondary N) is 1. The zero-order valence-corrected chi connectivity index (χ0v) is 36.4. The van der Waals surface area contributed by atoms with Crippen LogP contribution in [0.25, 0.3) is 0 Å². The van der Waals surface area contributed by atoms with Crippen molar-refractivity contribution in [2.75, 3.05) is 13.2 Å². The fourth-order valence-electron chi connectivity index (χ4n) is 6.95. The molecule has 0 saturated carbocycles. The largest absolute Gasteiger partial charge is 0.466 e. The monoisotopic (exact) mass is 774 g/mol. The van der Waals surface area contributed by atoms with E-state index in [2.05, 4.69) is 43.5 Å². The Bertz CT molecular complexity index is 900. The molecule has 2 unspecified atom stereocenters. The molecule has 3 N–H and O–H groups in total. The molecule has 0 aliphatic heterocycles. The van der Waals surface area contributed by atoms with Gasteiger partial charge in [-0.15, -0.1) is 0 Å². The molecule has 0 radical (unpaired) electrons. The molecule has 0 aromatic rings. The van der Waals surface area contributed by atoms with Crippen molar-refractivity contribution in [3.05, 3.63) is 36.5 Å². The SMILES string of the molecule is CCCCCC/C=C\C/C=C\CCCCCCCCCC(=O)OCCCCCCCCCCCC(=O)NC(CO)C(O)/C=C/CCCCCCCCCCC. The number of esters is 1. The van der Waals surface area contributed by atoms with Gasteiger partial charge in [-0.1, -0.05) is 198 Å². The second-order valence-electron chi connectivity index (χ2n) is 16.1. The molecule has 0 aromatic heterocycles. The van der Waals surface area contributed by atoms with Crippen molar-refractivity contribution in [3.8, 4) is 0 Å². The molecule has 0 rings (SSSR count). The van der Waals surface area contributed by atoms with Gasteiger partial charge in [-0.25, -0.2) is 0 Å². The Balaban J connectivity index is 3.52. The number of hydrogen-bond donors (Lipinski definition) is 3. The highest BCUT2D eigenvalue weighted by Crippen LogP contribution is 2.14. The van der Waals surface area contributed by atoms with Gasteiger partial charge in [0.1, 0.15) is 0 Å². The first-order valence-corrected chi connectivity index (χ1v) is 23.8. The van der Waals surface area contributed by atoms with Crippen LogP contribution in [0.15, 0.2) is 36.5 Å². The third-order valence-corrected chi connectivity index (χ3v) is 10.7. The van der Waals surface area contributed by atoms with Crippen molar-refractivity contribution in [2.24, 2.45) is 0 Å². The average Bonchev–Trinajstić information content (AvgIpc) is 3.18. The minimum atomic E-state index is -0.861. The van der Waals surface area contributed by atoms with Crippen molar-refractivity contribution in [1.29, 1.82) is 0 Å². The van der Waals surface area contributed by atoms with E-state index < -0.39 is 12.1 Å². The highest BCUT2D eigenvalue weighted by Gasteiger charge is 2.18. The van der Waals surface area contributed by atoms with E-state index in [4.69, 9.17) is 4.74 Å². The van der Waals surface area contributed by atoms with Crippen LogP contribution in [0.5, 0.6) is 0 Å². The van der Waals surface area contributed by atoms with Crippen molar-refractivity contribution >= 4 is 11.9 Å². The Morgan fingerprint density at radius 1 is 0.509 bits per heavy atom. The average molecular weight is 774 g/mol. The van der Waals surface area contributed by atoms with Gasteiger partial charge in [0.2, 0.25) is 5.91 Å². The van der Waals surface area contributed by atoms with E-state index in [0.29, 0.717) is 19.4 Å².